The Labute approximate surface area is 471 Å². The number of benzene rings is 1. The van der Waals surface area contributed by atoms with E-state index in [-0.39, 0.29) is 93.8 Å². The van der Waals surface area contributed by atoms with Gasteiger partial charge in [0, 0.05) is 55.6 Å². The van der Waals surface area contributed by atoms with Gasteiger partial charge in [0.2, 0.25) is 23.6 Å². The van der Waals surface area contributed by atoms with Crippen LogP contribution in [-0.2, 0) is 78.1 Å². The molecule has 1 aromatic carbocycles. The van der Waals surface area contributed by atoms with Crippen LogP contribution >= 0.6 is 11.8 Å². The van der Waals surface area contributed by atoms with Gasteiger partial charge in [-0.15, -0.1) is 11.8 Å². The molecule has 5 unspecified atom stereocenters. The van der Waals surface area contributed by atoms with Crippen molar-refractivity contribution in [3.63, 3.8) is 0 Å². The summed E-state index contributed by atoms with van der Waals surface area (Å²) < 4.78 is 124. The van der Waals surface area contributed by atoms with Crippen molar-refractivity contribution in [2.45, 2.75) is 98.9 Å². The fraction of sp³-hybridized carbons (Fsp3) is 0.653. The number of nitrogens with one attached hydrogen (secondary N) is 2. The minimum Gasteiger partial charge on any atom is -0.492 e. The fourth-order valence-corrected chi connectivity index (χ4v) is 10.9. The molecule has 1 aromatic heterocycles. The van der Waals surface area contributed by atoms with Crippen LogP contribution in [0.3, 0.4) is 0 Å². The number of morpholine rings is 2. The molecular weight excluding hydrogens is 1150 g/mol. The number of rotatable bonds is 24. The summed E-state index contributed by atoms with van der Waals surface area (Å²) in [5.74, 6) is -9.42. The monoisotopic (exact) mass is 1210 g/mol. The molecule has 0 radical (unpaired) electrons. The number of ketones is 1. The maximum absolute atomic E-state index is 13.6. The maximum Gasteiger partial charge on any atom is 0.471 e. The number of aromatic nitrogens is 1. The Kier molecular flexibility index (Phi) is 21.8. The van der Waals surface area contributed by atoms with Gasteiger partial charge in [0.25, 0.3) is 0 Å². The number of fused-ring (bicyclic) bond motifs is 3. The topological polar surface area (TPSA) is 347 Å². The number of aliphatic hydroxyl groups is 4. The van der Waals surface area contributed by atoms with Crippen LogP contribution in [0.1, 0.15) is 30.1 Å². The molecular formula is C49H60F6N6O21S. The third-order valence-electron chi connectivity index (χ3n) is 13.9. The first kappa shape index (κ1) is 64.3. The Hall–Kier alpha value is -6.24. The predicted octanol–water partition coefficient (Wildman–Crippen LogP) is -2.43. The highest BCUT2D eigenvalue weighted by Crippen LogP contribution is 2.36. The third-order valence-corrected chi connectivity index (χ3v) is 15.2. The van der Waals surface area contributed by atoms with Crippen LogP contribution in [-0.4, -0.2) is 263 Å². The van der Waals surface area contributed by atoms with Gasteiger partial charge in [0.05, 0.1) is 67.8 Å². The van der Waals surface area contributed by atoms with Crippen LogP contribution in [0, 0.1) is 5.92 Å². The number of thioether (sulfide) groups is 1. The normalized spacial score (nSPS) is 26.5. The van der Waals surface area contributed by atoms with Crippen molar-refractivity contribution in [3.8, 4) is 5.75 Å². The van der Waals surface area contributed by atoms with Crippen molar-refractivity contribution in [1.29, 1.82) is 0 Å². The summed E-state index contributed by atoms with van der Waals surface area (Å²) in [6, 6.07) is 1.27. The number of alkyl halides is 6. The summed E-state index contributed by atoms with van der Waals surface area (Å²) in [5, 5.41) is 47.0. The molecule has 1 aliphatic carbocycles. The molecule has 6 amide bonds. The summed E-state index contributed by atoms with van der Waals surface area (Å²) in [6.07, 6.45) is -20.6. The minimum atomic E-state index is -5.27. The molecule has 7 rings (SSSR count). The molecule has 5 heterocycles. The first-order valence-electron chi connectivity index (χ1n) is 25.8. The summed E-state index contributed by atoms with van der Waals surface area (Å²) in [7, 11) is 0. The number of carbonyl (C=O) groups excluding carboxylic acids is 9. The van der Waals surface area contributed by atoms with Crippen molar-refractivity contribution in [2.24, 2.45) is 5.92 Å². The van der Waals surface area contributed by atoms with Crippen LogP contribution in [0.4, 0.5) is 26.3 Å². The number of halogens is 6. The van der Waals surface area contributed by atoms with E-state index < -0.39 is 172 Å². The molecule has 5 aliphatic rings. The Morgan fingerprint density at radius 3 is 2.02 bits per heavy atom. The number of aliphatic hydroxyl groups excluding tert-OH is 4. The Morgan fingerprint density at radius 1 is 0.759 bits per heavy atom. The lowest BCUT2D eigenvalue weighted by Gasteiger charge is -2.50. The van der Waals surface area contributed by atoms with Gasteiger partial charge in [-0.3, -0.25) is 43.3 Å². The van der Waals surface area contributed by atoms with Crippen molar-refractivity contribution in [3.05, 3.63) is 30.0 Å². The lowest BCUT2D eigenvalue weighted by atomic mass is 9.78. The lowest BCUT2D eigenvalue weighted by molar-refractivity contribution is -0.300. The van der Waals surface area contributed by atoms with Crippen molar-refractivity contribution in [1.82, 2.24) is 29.9 Å². The van der Waals surface area contributed by atoms with E-state index in [1.165, 1.54) is 35.9 Å². The van der Waals surface area contributed by atoms with Crippen molar-refractivity contribution >= 4 is 75.8 Å². The van der Waals surface area contributed by atoms with Gasteiger partial charge in [-0.2, -0.15) is 26.3 Å². The quantitative estimate of drug-likeness (QED) is 0.0275. The smallest absolute Gasteiger partial charge is 0.471 e. The third kappa shape index (κ3) is 16.1. The number of esters is 2. The molecule has 4 aliphatic heterocycles. The minimum absolute atomic E-state index is 0.0557. The first-order chi connectivity index (χ1) is 39.2. The van der Waals surface area contributed by atoms with E-state index in [9.17, 15) is 89.9 Å². The molecule has 2 aromatic rings. The number of hydrogen-bond donors (Lipinski definition) is 6. The Morgan fingerprint density at radius 2 is 1.37 bits per heavy atom. The summed E-state index contributed by atoms with van der Waals surface area (Å²) in [5.41, 5.74) is 0.206. The molecule has 34 heteroatoms. The molecule has 6 N–H and O–H groups in total. The summed E-state index contributed by atoms with van der Waals surface area (Å²) >= 11 is 1.06. The molecule has 5 fully saturated rings. The molecule has 4 saturated heterocycles. The zero-order chi connectivity index (χ0) is 60.5. The van der Waals surface area contributed by atoms with E-state index in [0.29, 0.717) is 15.3 Å². The second kappa shape index (κ2) is 28.1. The van der Waals surface area contributed by atoms with E-state index in [0.717, 1.165) is 16.7 Å². The summed E-state index contributed by atoms with van der Waals surface area (Å²) in [4.78, 5) is 115. The average Bonchev–Trinajstić information content (AvgIpc) is 3.80. The van der Waals surface area contributed by atoms with Crippen molar-refractivity contribution in [2.75, 3.05) is 97.9 Å². The standard InChI is InChI=1S/C49H60F6N6O21S/c1-24(62)23-83-32-16-35(65)59(43(32)71)4-7-77-26-2-3-29-27(15-26)28(44(72)80-13-11-76-21-33(63)56-17-25-14-30-37(41(69)39(25)67)60(5-8-78-30)46(73)48(50,51)52)19-58(29)20-36(66)79-12-10-75-22-34(64)57-18-31-40(68)42(70)38-45(82-31)81-9-6-61(38)47(74)49(53,54)55/h2-3,15,19,25,30-32,37-42,45,67-70H,4-14,16-18,20-23H2,1H3,(H,56,63)(H,57,64)/t25?,30?,31?,32?,37-,38+,39-,40-,41+,42+,45?/m0/s1. The Balaban J connectivity index is 0.881. The molecule has 0 bridgehead atoms. The van der Waals surface area contributed by atoms with Gasteiger partial charge in [0.1, 0.15) is 81.6 Å². The molecule has 27 nitrogen and oxygen atoms in total. The highest BCUT2D eigenvalue weighted by Gasteiger charge is 2.56. The fourth-order valence-electron chi connectivity index (χ4n) is 9.97. The van der Waals surface area contributed by atoms with Gasteiger partial charge < -0.3 is 83.3 Å². The SMILES string of the molecule is CC(=O)CSC1CC(=O)N(CCOc2ccc3c(c2)c(C(=O)OCCOCC(=O)NCC2CC4OCCN(C(=O)C(F)(F)F)[C@@H]4[C@@H](O)[C@H]2O)cn3CC(=O)OCCOCC(=O)NCC2OC3OCCN(C(=O)C(F)(F)F)[C@@H]3[C@@H](O)[C@H]2O)C1=O. The number of imide groups is 1. The second-order valence-corrected chi connectivity index (χ2v) is 20.8. The lowest BCUT2D eigenvalue weighted by Crippen LogP contribution is -2.70. The molecule has 83 heavy (non-hydrogen) atoms. The highest BCUT2D eigenvalue weighted by atomic mass is 32.2. The molecule has 0 spiro atoms. The number of carbonyl (C=O) groups is 9. The number of amides is 6. The van der Waals surface area contributed by atoms with Gasteiger partial charge in [-0.25, -0.2) is 4.79 Å². The molecule has 1 saturated carbocycles. The molecule has 460 valence electrons. The van der Waals surface area contributed by atoms with Crippen LogP contribution in [0.5, 0.6) is 5.75 Å². The number of Topliss-reactive ketones (excluding diaryl/α,β-unsaturated/α-hetero) is 1. The van der Waals surface area contributed by atoms with Gasteiger partial charge in [-0.05, 0) is 31.5 Å². The van der Waals surface area contributed by atoms with Crippen LogP contribution < -0.4 is 15.4 Å². The van der Waals surface area contributed by atoms with Crippen LogP contribution in [0.2, 0.25) is 0 Å². The zero-order valence-corrected chi connectivity index (χ0v) is 44.9. The maximum atomic E-state index is 13.6. The van der Waals surface area contributed by atoms with Gasteiger partial charge in [0.15, 0.2) is 6.29 Å². The van der Waals surface area contributed by atoms with Gasteiger partial charge in [-0.1, -0.05) is 0 Å². The van der Waals surface area contributed by atoms with E-state index in [4.69, 9.17) is 37.9 Å². The van der Waals surface area contributed by atoms with Crippen LogP contribution in [0.15, 0.2) is 24.4 Å². The summed E-state index contributed by atoms with van der Waals surface area (Å²) in [6.45, 7) is -4.36. The highest BCUT2D eigenvalue weighted by molar-refractivity contribution is 8.01. The second-order valence-electron chi connectivity index (χ2n) is 19.6. The molecule has 11 atom stereocenters. The van der Waals surface area contributed by atoms with Crippen molar-refractivity contribution < 1.29 is 128 Å². The van der Waals surface area contributed by atoms with E-state index >= 15 is 0 Å². The number of nitrogens with zero attached hydrogens (tertiary/aromatic N) is 4. The number of ether oxygens (including phenoxy) is 8. The number of hydrogen-bond acceptors (Lipinski definition) is 22. The number of likely N-dealkylation sites (tertiary alicyclic amines) is 1. The average molecular weight is 1220 g/mol. The first-order valence-corrected chi connectivity index (χ1v) is 26.9. The van der Waals surface area contributed by atoms with Crippen LogP contribution in [0.25, 0.3) is 10.9 Å². The van der Waals surface area contributed by atoms with E-state index in [2.05, 4.69) is 10.6 Å². The van der Waals surface area contributed by atoms with Gasteiger partial charge >= 0.3 is 36.1 Å². The van der Waals surface area contributed by atoms with E-state index in [1.807, 2.05) is 0 Å². The predicted molar refractivity (Wildman–Crippen MR) is 264 cm³/mol. The Bertz CT molecular complexity index is 2720. The van der Waals surface area contributed by atoms with E-state index in [1.54, 1.807) is 0 Å². The zero-order valence-electron chi connectivity index (χ0n) is 44.1. The largest absolute Gasteiger partial charge is 0.492 e.